The number of nitrogens with two attached hydrogens (primary N) is 1. The zero-order chi connectivity index (χ0) is 11.3. The molecule has 0 saturated heterocycles. The molecule has 0 heterocycles. The Morgan fingerprint density at radius 1 is 1.47 bits per heavy atom. The number of thiocarbonyl (C=S) groups is 1. The van der Waals surface area contributed by atoms with Crippen molar-refractivity contribution in [2.75, 3.05) is 20.3 Å². The summed E-state index contributed by atoms with van der Waals surface area (Å²) in [4.78, 5) is 0.320. The lowest BCUT2D eigenvalue weighted by molar-refractivity contribution is 0.146. The molecule has 0 unspecified atom stereocenters. The molecule has 5 heteroatoms. The third-order valence-corrected chi connectivity index (χ3v) is 2.29. The van der Waals surface area contributed by atoms with Crippen LogP contribution in [0.2, 0.25) is 5.02 Å². The Kier molecular flexibility index (Phi) is 4.81. The Bertz CT molecular complexity index is 357. The van der Waals surface area contributed by atoms with E-state index in [2.05, 4.69) is 0 Å². The molecule has 1 aromatic carbocycles. The van der Waals surface area contributed by atoms with Crippen LogP contribution in [0.1, 0.15) is 5.56 Å². The van der Waals surface area contributed by atoms with Gasteiger partial charge in [-0.15, -0.1) is 0 Å². The summed E-state index contributed by atoms with van der Waals surface area (Å²) in [7, 11) is 1.61. The van der Waals surface area contributed by atoms with Crippen LogP contribution in [0.5, 0.6) is 5.75 Å². The molecule has 0 atom stereocenters. The van der Waals surface area contributed by atoms with Gasteiger partial charge in [-0.05, 0) is 18.2 Å². The highest BCUT2D eigenvalue weighted by molar-refractivity contribution is 7.80. The van der Waals surface area contributed by atoms with E-state index in [-0.39, 0.29) is 0 Å². The Labute approximate surface area is 99.1 Å². The number of ether oxygens (including phenoxy) is 2. The molecule has 2 N–H and O–H groups in total. The Hall–Kier alpha value is -0.840. The maximum atomic E-state index is 5.97. The lowest BCUT2D eigenvalue weighted by atomic mass is 10.2. The summed E-state index contributed by atoms with van der Waals surface area (Å²) in [5.74, 6) is 0.605. The summed E-state index contributed by atoms with van der Waals surface area (Å²) in [6, 6.07) is 5.20. The molecule has 0 aromatic heterocycles. The molecular formula is C10H12ClNO2S. The highest BCUT2D eigenvalue weighted by atomic mass is 35.5. The Morgan fingerprint density at radius 3 is 2.73 bits per heavy atom. The van der Waals surface area contributed by atoms with E-state index in [9.17, 15) is 0 Å². The van der Waals surface area contributed by atoms with Crippen molar-refractivity contribution >= 4 is 28.8 Å². The molecule has 0 saturated carbocycles. The molecular weight excluding hydrogens is 234 g/mol. The smallest absolute Gasteiger partial charge is 0.138 e. The molecule has 82 valence electrons. The largest absolute Gasteiger partial charge is 0.490 e. The average Bonchev–Trinajstić information content (AvgIpc) is 2.20. The van der Waals surface area contributed by atoms with E-state index >= 15 is 0 Å². The molecule has 0 spiro atoms. The van der Waals surface area contributed by atoms with E-state index in [0.717, 1.165) is 5.56 Å². The summed E-state index contributed by atoms with van der Waals surface area (Å²) in [6.45, 7) is 0.982. The second kappa shape index (κ2) is 5.90. The number of methoxy groups -OCH3 is 1. The SMILES string of the molecule is COCCOc1ccc(C(N)=S)cc1Cl. The first-order valence-corrected chi connectivity index (χ1v) is 5.15. The highest BCUT2D eigenvalue weighted by Gasteiger charge is 2.04. The van der Waals surface area contributed by atoms with Crippen LogP contribution in [0, 0.1) is 0 Å². The minimum atomic E-state index is 0.320. The lowest BCUT2D eigenvalue weighted by Gasteiger charge is -2.08. The fraction of sp³-hybridized carbons (Fsp3) is 0.300. The van der Waals surface area contributed by atoms with Gasteiger partial charge in [-0.3, -0.25) is 0 Å². The van der Waals surface area contributed by atoms with E-state index in [0.29, 0.717) is 29.0 Å². The lowest BCUT2D eigenvalue weighted by Crippen LogP contribution is -2.09. The van der Waals surface area contributed by atoms with Gasteiger partial charge in [0.05, 0.1) is 11.6 Å². The first kappa shape index (κ1) is 12.2. The fourth-order valence-corrected chi connectivity index (χ4v) is 1.37. The van der Waals surface area contributed by atoms with Crippen LogP contribution in [0.15, 0.2) is 18.2 Å². The van der Waals surface area contributed by atoms with Crippen molar-refractivity contribution in [1.29, 1.82) is 0 Å². The van der Waals surface area contributed by atoms with Crippen LogP contribution >= 0.6 is 23.8 Å². The molecule has 0 aliphatic carbocycles. The van der Waals surface area contributed by atoms with Crippen LogP contribution in [0.4, 0.5) is 0 Å². The predicted octanol–water partition coefficient (Wildman–Crippen LogP) is 2.00. The highest BCUT2D eigenvalue weighted by Crippen LogP contribution is 2.25. The molecule has 1 rings (SSSR count). The standard InChI is InChI=1S/C10H12ClNO2S/c1-13-4-5-14-9-3-2-7(10(12)15)6-8(9)11/h2-3,6H,4-5H2,1H3,(H2,12,15). The summed E-state index contributed by atoms with van der Waals surface area (Å²) < 4.78 is 10.2. The topological polar surface area (TPSA) is 44.5 Å². The van der Waals surface area contributed by atoms with Crippen LogP contribution in [0.25, 0.3) is 0 Å². The number of benzene rings is 1. The number of hydrogen-bond acceptors (Lipinski definition) is 3. The van der Waals surface area contributed by atoms with Crippen molar-refractivity contribution < 1.29 is 9.47 Å². The van der Waals surface area contributed by atoms with Crippen molar-refractivity contribution in [2.24, 2.45) is 5.73 Å². The van der Waals surface area contributed by atoms with Crippen molar-refractivity contribution in [3.05, 3.63) is 28.8 Å². The summed E-state index contributed by atoms with van der Waals surface area (Å²) in [6.07, 6.45) is 0. The van der Waals surface area contributed by atoms with Gasteiger partial charge in [-0.2, -0.15) is 0 Å². The van der Waals surface area contributed by atoms with E-state index < -0.39 is 0 Å². The average molecular weight is 246 g/mol. The zero-order valence-corrected chi connectivity index (χ0v) is 9.90. The first-order chi connectivity index (χ1) is 7.15. The summed E-state index contributed by atoms with van der Waals surface area (Å²) in [5, 5.41) is 0.497. The minimum absolute atomic E-state index is 0.320. The maximum Gasteiger partial charge on any atom is 0.138 e. The molecule has 15 heavy (non-hydrogen) atoms. The Balaban J connectivity index is 2.70. The van der Waals surface area contributed by atoms with Crippen LogP contribution in [-0.4, -0.2) is 25.3 Å². The van der Waals surface area contributed by atoms with E-state index in [4.69, 9.17) is 39.0 Å². The monoisotopic (exact) mass is 245 g/mol. The number of halogens is 1. The third-order valence-electron chi connectivity index (χ3n) is 1.76. The predicted molar refractivity (Wildman–Crippen MR) is 64.7 cm³/mol. The molecule has 0 fully saturated rings. The zero-order valence-electron chi connectivity index (χ0n) is 8.33. The number of hydrogen-bond donors (Lipinski definition) is 1. The maximum absolute atomic E-state index is 5.97. The fourth-order valence-electron chi connectivity index (χ4n) is 1.01. The number of rotatable bonds is 5. The van der Waals surface area contributed by atoms with Gasteiger partial charge in [0.1, 0.15) is 17.3 Å². The van der Waals surface area contributed by atoms with Gasteiger partial charge in [-0.25, -0.2) is 0 Å². The van der Waals surface area contributed by atoms with Crippen molar-refractivity contribution in [2.45, 2.75) is 0 Å². The first-order valence-electron chi connectivity index (χ1n) is 4.36. The molecule has 3 nitrogen and oxygen atoms in total. The molecule has 0 radical (unpaired) electrons. The van der Waals surface area contributed by atoms with Crippen molar-refractivity contribution in [1.82, 2.24) is 0 Å². The molecule has 0 aliphatic heterocycles. The van der Waals surface area contributed by atoms with Gasteiger partial charge < -0.3 is 15.2 Å². The van der Waals surface area contributed by atoms with Crippen LogP contribution < -0.4 is 10.5 Å². The van der Waals surface area contributed by atoms with Gasteiger partial charge in [0.25, 0.3) is 0 Å². The van der Waals surface area contributed by atoms with Crippen molar-refractivity contribution in [3.63, 3.8) is 0 Å². The normalized spacial score (nSPS) is 10.0. The molecule has 0 amide bonds. The third kappa shape index (κ3) is 3.66. The van der Waals surface area contributed by atoms with Gasteiger partial charge >= 0.3 is 0 Å². The van der Waals surface area contributed by atoms with E-state index in [1.807, 2.05) is 0 Å². The van der Waals surface area contributed by atoms with Crippen molar-refractivity contribution in [3.8, 4) is 5.75 Å². The van der Waals surface area contributed by atoms with Gasteiger partial charge in [0.2, 0.25) is 0 Å². The quantitative estimate of drug-likeness (QED) is 0.637. The summed E-state index contributed by atoms with van der Waals surface area (Å²) >= 11 is 10.8. The molecule has 1 aromatic rings. The Morgan fingerprint density at radius 2 is 2.20 bits per heavy atom. The molecule has 0 bridgehead atoms. The molecule has 0 aliphatic rings. The second-order valence-electron chi connectivity index (χ2n) is 2.85. The van der Waals surface area contributed by atoms with Crippen LogP contribution in [0.3, 0.4) is 0 Å². The van der Waals surface area contributed by atoms with Gasteiger partial charge in [0, 0.05) is 12.7 Å². The van der Waals surface area contributed by atoms with E-state index in [1.54, 1.807) is 25.3 Å². The van der Waals surface area contributed by atoms with Crippen LogP contribution in [-0.2, 0) is 4.74 Å². The van der Waals surface area contributed by atoms with Gasteiger partial charge in [-0.1, -0.05) is 23.8 Å². The second-order valence-corrected chi connectivity index (χ2v) is 3.70. The minimum Gasteiger partial charge on any atom is -0.490 e. The van der Waals surface area contributed by atoms with Gasteiger partial charge in [0.15, 0.2) is 0 Å². The summed E-state index contributed by atoms with van der Waals surface area (Å²) in [5.41, 5.74) is 6.20. The van der Waals surface area contributed by atoms with E-state index in [1.165, 1.54) is 0 Å².